The van der Waals surface area contributed by atoms with Gasteiger partial charge in [-0.25, -0.2) is 0 Å². The Morgan fingerprint density at radius 3 is 2.50 bits per heavy atom. The summed E-state index contributed by atoms with van der Waals surface area (Å²) in [5, 5.41) is 7.78. The quantitative estimate of drug-likeness (QED) is 0.537. The molecular formula is C31H40N2O2S. The number of likely N-dealkylation sites (tertiary alicyclic amines) is 1. The first-order valence-electron chi connectivity index (χ1n) is 14.0. The van der Waals surface area contributed by atoms with Gasteiger partial charge in [0.2, 0.25) is 11.8 Å². The van der Waals surface area contributed by atoms with Crippen LogP contribution in [0.25, 0.3) is 0 Å². The van der Waals surface area contributed by atoms with Crippen molar-refractivity contribution in [3.63, 3.8) is 0 Å². The second kappa shape index (κ2) is 9.01. The van der Waals surface area contributed by atoms with E-state index in [2.05, 4.69) is 53.0 Å². The molecule has 0 radical (unpaired) electrons. The Bertz CT molecular complexity index is 1120. The average molecular weight is 505 g/mol. The fourth-order valence-electron chi connectivity index (χ4n) is 9.22. The van der Waals surface area contributed by atoms with E-state index in [1.54, 1.807) is 11.3 Å². The lowest BCUT2D eigenvalue weighted by Gasteiger charge is -2.61. The summed E-state index contributed by atoms with van der Waals surface area (Å²) in [4.78, 5) is 28.4. The smallest absolute Gasteiger partial charge is 0.232 e. The summed E-state index contributed by atoms with van der Waals surface area (Å²) >= 11 is 1.66. The van der Waals surface area contributed by atoms with Gasteiger partial charge < -0.3 is 10.2 Å². The fraction of sp³-hybridized carbons (Fsp3) is 0.613. The number of hydrogen-bond acceptors (Lipinski definition) is 3. The van der Waals surface area contributed by atoms with Crippen molar-refractivity contribution in [2.75, 3.05) is 7.05 Å². The van der Waals surface area contributed by atoms with Crippen molar-refractivity contribution < 1.29 is 9.59 Å². The molecule has 1 aromatic heterocycles. The van der Waals surface area contributed by atoms with E-state index in [1.165, 1.54) is 25.7 Å². The second-order valence-electron chi connectivity index (χ2n) is 12.6. The minimum atomic E-state index is -0.249. The molecule has 2 aromatic rings. The molecule has 1 N–H and O–H groups in total. The van der Waals surface area contributed by atoms with E-state index in [0.717, 1.165) is 36.3 Å². The minimum Gasteiger partial charge on any atom is -0.352 e. The Morgan fingerprint density at radius 1 is 0.972 bits per heavy atom. The number of thiophene rings is 1. The van der Waals surface area contributed by atoms with Gasteiger partial charge in [-0.05, 0) is 101 Å². The third kappa shape index (κ3) is 3.68. The van der Waals surface area contributed by atoms with Crippen LogP contribution in [0.3, 0.4) is 0 Å². The van der Waals surface area contributed by atoms with Crippen molar-refractivity contribution in [2.45, 2.75) is 83.2 Å². The number of piperidine rings is 1. The van der Waals surface area contributed by atoms with Crippen molar-refractivity contribution in [3.8, 4) is 0 Å². The Hall–Kier alpha value is -2.14. The third-order valence-electron chi connectivity index (χ3n) is 11.1. The molecule has 1 aliphatic heterocycles. The summed E-state index contributed by atoms with van der Waals surface area (Å²) in [7, 11) is 2.04. The molecule has 4 fully saturated rings. The molecule has 2 heterocycles. The highest BCUT2D eigenvalue weighted by atomic mass is 32.1. The van der Waals surface area contributed by atoms with Crippen LogP contribution < -0.4 is 5.32 Å². The summed E-state index contributed by atoms with van der Waals surface area (Å²) < 4.78 is 0. The van der Waals surface area contributed by atoms with Gasteiger partial charge in [0.25, 0.3) is 0 Å². The molecule has 6 rings (SSSR count). The lowest BCUT2D eigenvalue weighted by atomic mass is 9.47. The molecule has 3 unspecified atom stereocenters. The van der Waals surface area contributed by atoms with Gasteiger partial charge in [0, 0.05) is 25.6 Å². The highest BCUT2D eigenvalue weighted by Crippen LogP contribution is 2.64. The normalized spacial score (nSPS) is 38.6. The second-order valence-corrected chi connectivity index (χ2v) is 13.3. The minimum absolute atomic E-state index is 0.150. The number of hydrogen-bond donors (Lipinski definition) is 1. The Labute approximate surface area is 219 Å². The lowest BCUT2D eigenvalue weighted by Crippen LogP contribution is -2.62. The number of rotatable bonds is 4. The number of carbonyl (C=O) groups is 2. The topological polar surface area (TPSA) is 49.4 Å². The van der Waals surface area contributed by atoms with Crippen LogP contribution in [0.15, 0.2) is 47.2 Å². The molecule has 5 heteroatoms. The Balaban J connectivity index is 1.22. The van der Waals surface area contributed by atoms with Crippen LogP contribution in [0.2, 0.25) is 0 Å². The molecule has 36 heavy (non-hydrogen) atoms. The lowest BCUT2D eigenvalue weighted by molar-refractivity contribution is -0.157. The van der Waals surface area contributed by atoms with Gasteiger partial charge in [-0.2, -0.15) is 11.3 Å². The first-order valence-corrected chi connectivity index (χ1v) is 14.9. The van der Waals surface area contributed by atoms with Gasteiger partial charge in [-0.15, -0.1) is 0 Å². The summed E-state index contributed by atoms with van der Waals surface area (Å²) in [6.45, 7) is 4.96. The van der Waals surface area contributed by atoms with Crippen LogP contribution in [0.5, 0.6) is 0 Å². The molecule has 4 nitrogen and oxygen atoms in total. The van der Waals surface area contributed by atoms with Crippen molar-refractivity contribution in [3.05, 3.63) is 58.3 Å². The molecule has 3 aliphatic carbocycles. The molecular weight excluding hydrogens is 464 g/mol. The standard InChI is InChI=1S/C31H40N2O2S/c1-30-16-13-24-22(9-12-26-31(24,2)17-14-27(34)33(26)3)23(30)10-11-25(30)32-29(35)28(21-15-18-36-19-21)20-7-5-4-6-8-20/h4-8,15,18-19,22-26,28H,9-14,16-17H2,1-3H3,(H,32,35)/t22-,23-,24+,25?,26?,28?,30-,31+/m0/s1. The van der Waals surface area contributed by atoms with Crippen LogP contribution in [-0.4, -0.2) is 35.8 Å². The zero-order valence-corrected chi connectivity index (χ0v) is 22.7. The predicted molar refractivity (Wildman–Crippen MR) is 145 cm³/mol. The first-order chi connectivity index (χ1) is 17.3. The monoisotopic (exact) mass is 504 g/mol. The maximum atomic E-state index is 13.9. The van der Waals surface area contributed by atoms with Crippen molar-refractivity contribution in [1.29, 1.82) is 0 Å². The highest BCUT2D eigenvalue weighted by molar-refractivity contribution is 7.08. The molecule has 192 valence electrons. The Morgan fingerprint density at radius 2 is 1.75 bits per heavy atom. The van der Waals surface area contributed by atoms with Crippen LogP contribution in [0.4, 0.5) is 0 Å². The van der Waals surface area contributed by atoms with Crippen LogP contribution >= 0.6 is 11.3 Å². The van der Waals surface area contributed by atoms with E-state index in [0.29, 0.717) is 30.2 Å². The van der Waals surface area contributed by atoms with E-state index < -0.39 is 0 Å². The van der Waals surface area contributed by atoms with Crippen molar-refractivity contribution in [2.24, 2.45) is 28.6 Å². The van der Waals surface area contributed by atoms with Crippen LogP contribution in [0.1, 0.15) is 82.3 Å². The third-order valence-corrected chi connectivity index (χ3v) is 11.8. The largest absolute Gasteiger partial charge is 0.352 e. The molecule has 1 saturated heterocycles. The van der Waals surface area contributed by atoms with Crippen LogP contribution in [-0.2, 0) is 9.59 Å². The van der Waals surface area contributed by atoms with E-state index >= 15 is 0 Å². The molecule has 2 amide bonds. The zero-order chi connectivity index (χ0) is 25.1. The summed E-state index contributed by atoms with van der Waals surface area (Å²) in [6, 6.07) is 13.0. The molecule has 0 spiro atoms. The number of fused-ring (bicyclic) bond motifs is 5. The SMILES string of the molecule is CN1C(=O)CC[C@@]2(C)C1CC[C@@H]1[C@H]2CC[C@]2(C)C(NC(=O)C(c3ccccc3)c3ccsc3)CC[C@@H]12. The van der Waals surface area contributed by atoms with Crippen molar-refractivity contribution >= 4 is 23.2 Å². The van der Waals surface area contributed by atoms with Gasteiger partial charge >= 0.3 is 0 Å². The maximum Gasteiger partial charge on any atom is 0.232 e. The van der Waals surface area contributed by atoms with E-state index in [4.69, 9.17) is 0 Å². The highest BCUT2D eigenvalue weighted by Gasteiger charge is 2.61. The molecule has 1 aromatic carbocycles. The van der Waals surface area contributed by atoms with Gasteiger partial charge in [-0.1, -0.05) is 44.2 Å². The van der Waals surface area contributed by atoms with E-state index in [-0.39, 0.29) is 28.7 Å². The van der Waals surface area contributed by atoms with Gasteiger partial charge in [0.05, 0.1) is 5.92 Å². The predicted octanol–water partition coefficient (Wildman–Crippen LogP) is 6.23. The number of benzene rings is 1. The molecule has 0 bridgehead atoms. The number of nitrogens with zero attached hydrogens (tertiary/aromatic N) is 1. The molecule has 3 saturated carbocycles. The fourth-order valence-corrected chi connectivity index (χ4v) is 9.91. The number of carbonyl (C=O) groups excluding carboxylic acids is 2. The van der Waals surface area contributed by atoms with Gasteiger partial charge in [0.15, 0.2) is 0 Å². The maximum absolute atomic E-state index is 13.9. The zero-order valence-electron chi connectivity index (χ0n) is 21.9. The summed E-state index contributed by atoms with van der Waals surface area (Å²) in [5.74, 6) is 2.31. The number of nitrogens with one attached hydrogen (secondary N) is 1. The van der Waals surface area contributed by atoms with Crippen LogP contribution in [0, 0.1) is 28.6 Å². The van der Waals surface area contributed by atoms with Gasteiger partial charge in [-0.3, -0.25) is 9.59 Å². The summed E-state index contributed by atoms with van der Waals surface area (Å²) in [5.41, 5.74) is 2.56. The first kappa shape index (κ1) is 24.2. The molecule has 4 aliphatic rings. The Kier molecular flexibility index (Phi) is 6.06. The molecule has 8 atom stereocenters. The van der Waals surface area contributed by atoms with Crippen molar-refractivity contribution in [1.82, 2.24) is 10.2 Å². The van der Waals surface area contributed by atoms with Gasteiger partial charge in [0.1, 0.15) is 0 Å². The number of amides is 2. The van der Waals surface area contributed by atoms with E-state index in [9.17, 15) is 9.59 Å². The summed E-state index contributed by atoms with van der Waals surface area (Å²) in [6.07, 6.45) is 8.82. The average Bonchev–Trinajstić information content (AvgIpc) is 3.51. The van der Waals surface area contributed by atoms with E-state index in [1.807, 2.05) is 25.2 Å².